The third-order valence-electron chi connectivity index (χ3n) is 4.25. The molecule has 2 aromatic rings. The van der Waals surface area contributed by atoms with E-state index in [2.05, 4.69) is 5.16 Å². The van der Waals surface area contributed by atoms with Crippen LogP contribution in [-0.4, -0.2) is 28.6 Å². The van der Waals surface area contributed by atoms with Crippen molar-refractivity contribution in [2.45, 2.75) is 6.10 Å². The number of benzene rings is 2. The molecule has 2 atom stereocenters. The molecule has 0 aliphatic carbocycles. The molecule has 4 rings (SSSR count). The number of hydrogen-bond acceptors (Lipinski definition) is 6. The first-order chi connectivity index (χ1) is 12.5. The Labute approximate surface area is 145 Å². The van der Waals surface area contributed by atoms with Gasteiger partial charge in [-0.15, -0.1) is 0 Å². The summed E-state index contributed by atoms with van der Waals surface area (Å²) in [5.41, 5.74) is 0.536. The SMILES string of the molecule is O=C1[C@H]2C(c3cccc([N+](=O)[O-])c3)=NO[C@H]2C(=O)N1c1ccc(F)cc1. The molecule has 1 saturated heterocycles. The number of carbonyl (C=O) groups is 2. The standard InChI is InChI=1S/C17H10FN3O5/c18-10-4-6-11(7-5-10)20-16(22)13-14(19-26-15(13)17(20)23)9-2-1-3-12(8-9)21(24)25/h1-8,13,15H/t13-,15+/m0/s1. The lowest BCUT2D eigenvalue weighted by Gasteiger charge is -2.15. The Bertz CT molecular complexity index is 973. The highest BCUT2D eigenvalue weighted by molar-refractivity contribution is 6.32. The maximum atomic E-state index is 13.1. The number of amides is 2. The van der Waals surface area contributed by atoms with Crippen LogP contribution >= 0.6 is 0 Å². The van der Waals surface area contributed by atoms with E-state index in [-0.39, 0.29) is 17.1 Å². The molecule has 1 fully saturated rings. The maximum Gasteiger partial charge on any atom is 0.278 e. The van der Waals surface area contributed by atoms with Gasteiger partial charge >= 0.3 is 0 Å². The van der Waals surface area contributed by atoms with Gasteiger partial charge in [-0.3, -0.25) is 19.7 Å². The van der Waals surface area contributed by atoms with Gasteiger partial charge in [-0.2, -0.15) is 0 Å². The van der Waals surface area contributed by atoms with Gasteiger partial charge in [0, 0.05) is 17.7 Å². The molecule has 2 amide bonds. The van der Waals surface area contributed by atoms with Gasteiger partial charge < -0.3 is 4.84 Å². The van der Waals surface area contributed by atoms with Crippen LogP contribution in [0.15, 0.2) is 53.7 Å². The molecule has 8 nitrogen and oxygen atoms in total. The van der Waals surface area contributed by atoms with E-state index in [0.717, 1.165) is 17.0 Å². The number of nitrogens with zero attached hydrogens (tertiary/aromatic N) is 3. The normalized spacial score (nSPS) is 21.4. The van der Waals surface area contributed by atoms with E-state index in [0.29, 0.717) is 5.56 Å². The minimum Gasteiger partial charge on any atom is -0.381 e. The second kappa shape index (κ2) is 5.73. The molecule has 130 valence electrons. The Morgan fingerprint density at radius 3 is 2.54 bits per heavy atom. The number of nitro groups is 1. The Morgan fingerprint density at radius 1 is 1.12 bits per heavy atom. The van der Waals surface area contributed by atoms with E-state index in [1.54, 1.807) is 6.07 Å². The predicted molar refractivity (Wildman–Crippen MR) is 86.9 cm³/mol. The Hall–Kier alpha value is -3.62. The second-order valence-electron chi connectivity index (χ2n) is 5.78. The monoisotopic (exact) mass is 355 g/mol. The number of hydrogen-bond donors (Lipinski definition) is 0. The molecule has 0 N–H and O–H groups in total. The lowest BCUT2D eigenvalue weighted by Crippen LogP contribution is -2.33. The fraction of sp³-hybridized carbons (Fsp3) is 0.118. The highest BCUT2D eigenvalue weighted by atomic mass is 19.1. The summed E-state index contributed by atoms with van der Waals surface area (Å²) in [7, 11) is 0. The van der Waals surface area contributed by atoms with E-state index < -0.39 is 34.6 Å². The van der Waals surface area contributed by atoms with Gasteiger partial charge in [0.1, 0.15) is 17.4 Å². The van der Waals surface area contributed by atoms with E-state index in [1.165, 1.54) is 30.3 Å². The molecule has 2 aromatic carbocycles. The molecule has 2 heterocycles. The van der Waals surface area contributed by atoms with E-state index in [9.17, 15) is 24.1 Å². The van der Waals surface area contributed by atoms with Gasteiger partial charge in [0.05, 0.1) is 10.6 Å². The topological polar surface area (TPSA) is 102 Å². The number of oxime groups is 1. The molecule has 9 heteroatoms. The average Bonchev–Trinajstić information content (AvgIpc) is 3.17. The Morgan fingerprint density at radius 2 is 1.85 bits per heavy atom. The van der Waals surface area contributed by atoms with Crippen LogP contribution < -0.4 is 4.90 Å². The minimum atomic E-state index is -1.14. The van der Waals surface area contributed by atoms with E-state index in [1.807, 2.05) is 0 Å². The number of rotatable bonds is 3. The number of non-ortho nitro benzene ring substituents is 1. The summed E-state index contributed by atoms with van der Waals surface area (Å²) in [5.74, 6) is -2.69. The first-order valence-electron chi connectivity index (χ1n) is 7.59. The van der Waals surface area contributed by atoms with Gasteiger partial charge in [-0.05, 0) is 24.3 Å². The van der Waals surface area contributed by atoms with Crippen LogP contribution in [-0.2, 0) is 14.4 Å². The number of fused-ring (bicyclic) bond motifs is 1. The van der Waals surface area contributed by atoms with Crippen molar-refractivity contribution in [2.75, 3.05) is 4.90 Å². The number of carbonyl (C=O) groups excluding carboxylic acids is 2. The Kier molecular flexibility index (Phi) is 3.50. The summed E-state index contributed by atoms with van der Waals surface area (Å²) in [6.07, 6.45) is -1.14. The van der Waals surface area contributed by atoms with Gasteiger partial charge in [0.25, 0.3) is 11.6 Å². The first-order valence-corrected chi connectivity index (χ1v) is 7.59. The van der Waals surface area contributed by atoms with Gasteiger partial charge in [0.15, 0.2) is 0 Å². The van der Waals surface area contributed by atoms with Crippen molar-refractivity contribution < 1.29 is 23.7 Å². The summed E-state index contributed by atoms with van der Waals surface area (Å²) < 4.78 is 13.1. The average molecular weight is 355 g/mol. The van der Waals surface area contributed by atoms with Crippen molar-refractivity contribution in [3.63, 3.8) is 0 Å². The van der Waals surface area contributed by atoms with Gasteiger partial charge in [-0.25, -0.2) is 9.29 Å². The minimum absolute atomic E-state index is 0.154. The van der Waals surface area contributed by atoms with Crippen LogP contribution in [0, 0.1) is 21.8 Å². The molecule has 26 heavy (non-hydrogen) atoms. The second-order valence-corrected chi connectivity index (χ2v) is 5.78. The zero-order valence-corrected chi connectivity index (χ0v) is 13.0. The first kappa shape index (κ1) is 15.9. The highest BCUT2D eigenvalue weighted by Crippen LogP contribution is 2.35. The highest BCUT2D eigenvalue weighted by Gasteiger charge is 2.56. The van der Waals surface area contributed by atoms with Crippen LogP contribution in [0.1, 0.15) is 5.56 Å². The third kappa shape index (κ3) is 2.32. The number of halogens is 1. The molecule has 0 unspecified atom stereocenters. The fourth-order valence-electron chi connectivity index (χ4n) is 3.04. The maximum absolute atomic E-state index is 13.1. The third-order valence-corrected chi connectivity index (χ3v) is 4.25. The van der Waals surface area contributed by atoms with Crippen molar-refractivity contribution in [3.05, 3.63) is 70.0 Å². The molecule has 2 aliphatic rings. The van der Waals surface area contributed by atoms with Gasteiger partial charge in [-0.1, -0.05) is 17.3 Å². The quantitative estimate of drug-likeness (QED) is 0.476. The van der Waals surface area contributed by atoms with Crippen LogP contribution in [0.3, 0.4) is 0 Å². The summed E-state index contributed by atoms with van der Waals surface area (Å²) in [6, 6.07) is 10.5. The van der Waals surface area contributed by atoms with Crippen molar-refractivity contribution in [2.24, 2.45) is 11.1 Å². The van der Waals surface area contributed by atoms with E-state index in [4.69, 9.17) is 4.84 Å². The molecular weight excluding hydrogens is 345 g/mol. The summed E-state index contributed by atoms with van der Waals surface area (Å²) in [4.78, 5) is 41.8. The van der Waals surface area contributed by atoms with Crippen molar-refractivity contribution in [3.8, 4) is 0 Å². The van der Waals surface area contributed by atoms with Crippen molar-refractivity contribution in [1.29, 1.82) is 0 Å². The number of anilines is 1. The molecule has 0 radical (unpaired) electrons. The molecule has 0 spiro atoms. The van der Waals surface area contributed by atoms with E-state index >= 15 is 0 Å². The molecule has 0 aromatic heterocycles. The molecule has 0 saturated carbocycles. The zero-order valence-electron chi connectivity index (χ0n) is 13.0. The lowest BCUT2D eigenvalue weighted by molar-refractivity contribution is -0.384. The largest absolute Gasteiger partial charge is 0.381 e. The van der Waals surface area contributed by atoms with Crippen LogP contribution in [0.25, 0.3) is 0 Å². The Balaban J connectivity index is 1.70. The fourth-order valence-corrected chi connectivity index (χ4v) is 3.04. The smallest absolute Gasteiger partial charge is 0.278 e. The van der Waals surface area contributed by atoms with Crippen molar-refractivity contribution in [1.82, 2.24) is 0 Å². The summed E-state index contributed by atoms with van der Waals surface area (Å²) >= 11 is 0. The molecule has 0 bridgehead atoms. The molecule has 2 aliphatic heterocycles. The number of nitro benzene ring substituents is 1. The van der Waals surface area contributed by atoms with Crippen LogP contribution in [0.2, 0.25) is 0 Å². The molecular formula is C17H10FN3O5. The number of imide groups is 1. The summed E-state index contributed by atoms with van der Waals surface area (Å²) in [6.45, 7) is 0. The lowest BCUT2D eigenvalue weighted by atomic mass is 9.94. The predicted octanol–water partition coefficient (Wildman–Crippen LogP) is 2.03. The van der Waals surface area contributed by atoms with Crippen LogP contribution in [0.4, 0.5) is 15.8 Å². The van der Waals surface area contributed by atoms with Gasteiger partial charge in [0.2, 0.25) is 12.0 Å². The zero-order chi connectivity index (χ0) is 18.4. The van der Waals surface area contributed by atoms with Crippen LogP contribution in [0.5, 0.6) is 0 Å². The van der Waals surface area contributed by atoms with Crippen molar-refractivity contribution >= 4 is 28.9 Å². The summed E-state index contributed by atoms with van der Waals surface area (Å²) in [5, 5.41) is 14.8.